The van der Waals surface area contributed by atoms with Gasteiger partial charge in [0.05, 0.1) is 16.6 Å². The fraction of sp³-hybridized carbons (Fsp3) is 0.333. The molecule has 1 atom stereocenters. The molecule has 0 aliphatic carbocycles. The molecule has 0 spiro atoms. The van der Waals surface area contributed by atoms with Gasteiger partial charge in [-0.15, -0.1) is 0 Å². The molecule has 1 saturated heterocycles. The van der Waals surface area contributed by atoms with Crippen molar-refractivity contribution in [3.8, 4) is 0 Å². The van der Waals surface area contributed by atoms with E-state index in [0.29, 0.717) is 22.3 Å². The summed E-state index contributed by atoms with van der Waals surface area (Å²) >= 11 is 12.0. The molecule has 27 heavy (non-hydrogen) atoms. The topological polar surface area (TPSA) is 49.4 Å². The summed E-state index contributed by atoms with van der Waals surface area (Å²) in [5, 5.41) is 3.70. The van der Waals surface area contributed by atoms with Crippen molar-refractivity contribution in [3.63, 3.8) is 0 Å². The lowest BCUT2D eigenvalue weighted by Crippen LogP contribution is -2.29. The summed E-state index contributed by atoms with van der Waals surface area (Å²) in [6, 6.07) is 11.0. The van der Waals surface area contributed by atoms with Crippen molar-refractivity contribution in [2.24, 2.45) is 5.92 Å². The SMILES string of the molecule is CCc1cccc(CC)c1N1C[C@@H](C(=O)Nc2ccc(Cl)cc2Cl)CC1=O. The van der Waals surface area contributed by atoms with E-state index in [2.05, 4.69) is 19.2 Å². The lowest BCUT2D eigenvalue weighted by molar-refractivity contribution is -0.122. The number of hydrogen-bond donors (Lipinski definition) is 1. The third kappa shape index (κ3) is 4.12. The second kappa shape index (κ2) is 8.32. The largest absolute Gasteiger partial charge is 0.324 e. The molecule has 2 aromatic rings. The molecule has 0 aromatic heterocycles. The normalized spacial score (nSPS) is 16.7. The van der Waals surface area contributed by atoms with E-state index < -0.39 is 5.92 Å². The minimum Gasteiger partial charge on any atom is -0.324 e. The first-order chi connectivity index (χ1) is 12.9. The lowest BCUT2D eigenvalue weighted by Gasteiger charge is -2.23. The fourth-order valence-corrected chi connectivity index (χ4v) is 3.94. The zero-order chi connectivity index (χ0) is 19.6. The molecular formula is C21H22Cl2N2O2. The van der Waals surface area contributed by atoms with Crippen molar-refractivity contribution in [1.82, 2.24) is 0 Å². The molecule has 2 amide bonds. The highest BCUT2D eigenvalue weighted by Gasteiger charge is 2.36. The summed E-state index contributed by atoms with van der Waals surface area (Å²) < 4.78 is 0. The Morgan fingerprint density at radius 2 is 1.81 bits per heavy atom. The highest BCUT2D eigenvalue weighted by atomic mass is 35.5. The van der Waals surface area contributed by atoms with E-state index in [4.69, 9.17) is 23.2 Å². The van der Waals surface area contributed by atoms with Gasteiger partial charge in [0.15, 0.2) is 0 Å². The fourth-order valence-electron chi connectivity index (χ4n) is 3.49. The summed E-state index contributed by atoms with van der Waals surface area (Å²) in [7, 11) is 0. The van der Waals surface area contributed by atoms with Crippen LogP contribution in [0.5, 0.6) is 0 Å². The molecule has 1 N–H and O–H groups in total. The Morgan fingerprint density at radius 3 is 2.41 bits per heavy atom. The summed E-state index contributed by atoms with van der Waals surface area (Å²) in [4.78, 5) is 27.2. The maximum atomic E-state index is 12.7. The first kappa shape index (κ1) is 19.7. The van der Waals surface area contributed by atoms with Gasteiger partial charge in [-0.05, 0) is 42.2 Å². The van der Waals surface area contributed by atoms with Crippen molar-refractivity contribution in [2.45, 2.75) is 33.1 Å². The Kier molecular flexibility index (Phi) is 6.08. The van der Waals surface area contributed by atoms with Gasteiger partial charge in [0.25, 0.3) is 0 Å². The van der Waals surface area contributed by atoms with Crippen LogP contribution in [-0.2, 0) is 22.4 Å². The summed E-state index contributed by atoms with van der Waals surface area (Å²) in [5.74, 6) is -0.645. The molecule has 0 saturated carbocycles. The van der Waals surface area contributed by atoms with Crippen LogP contribution in [0.4, 0.5) is 11.4 Å². The van der Waals surface area contributed by atoms with Crippen LogP contribution in [0.15, 0.2) is 36.4 Å². The number of benzene rings is 2. The molecule has 142 valence electrons. The van der Waals surface area contributed by atoms with Crippen LogP contribution in [0.3, 0.4) is 0 Å². The van der Waals surface area contributed by atoms with Crippen LogP contribution < -0.4 is 10.2 Å². The molecule has 0 radical (unpaired) electrons. The van der Waals surface area contributed by atoms with Gasteiger partial charge in [-0.3, -0.25) is 9.59 Å². The number of para-hydroxylation sites is 1. The molecule has 0 bridgehead atoms. The summed E-state index contributed by atoms with van der Waals surface area (Å²) in [6.07, 6.45) is 1.87. The van der Waals surface area contributed by atoms with Gasteiger partial charge in [0.1, 0.15) is 0 Å². The predicted molar refractivity (Wildman–Crippen MR) is 111 cm³/mol. The molecule has 1 heterocycles. The van der Waals surface area contributed by atoms with Crippen molar-refractivity contribution in [2.75, 3.05) is 16.8 Å². The van der Waals surface area contributed by atoms with E-state index in [1.807, 2.05) is 18.2 Å². The van der Waals surface area contributed by atoms with Gasteiger partial charge >= 0.3 is 0 Å². The number of halogens is 2. The highest BCUT2D eigenvalue weighted by molar-refractivity contribution is 6.36. The molecule has 1 aliphatic heterocycles. The molecule has 1 fully saturated rings. The molecule has 3 rings (SSSR count). The minimum absolute atomic E-state index is 0.0204. The average molecular weight is 405 g/mol. The number of rotatable bonds is 5. The van der Waals surface area contributed by atoms with Gasteiger partial charge in [-0.2, -0.15) is 0 Å². The average Bonchev–Trinajstić information content (AvgIpc) is 3.04. The Labute approximate surface area is 169 Å². The van der Waals surface area contributed by atoms with E-state index in [-0.39, 0.29) is 18.2 Å². The Balaban J connectivity index is 1.80. The van der Waals surface area contributed by atoms with Gasteiger partial charge in [0.2, 0.25) is 11.8 Å². The van der Waals surface area contributed by atoms with Gasteiger partial charge in [-0.1, -0.05) is 55.2 Å². The number of anilines is 2. The highest BCUT2D eigenvalue weighted by Crippen LogP contribution is 2.33. The quantitative estimate of drug-likeness (QED) is 0.752. The van der Waals surface area contributed by atoms with E-state index in [9.17, 15) is 9.59 Å². The maximum Gasteiger partial charge on any atom is 0.229 e. The van der Waals surface area contributed by atoms with E-state index in [1.165, 1.54) is 0 Å². The Morgan fingerprint density at radius 1 is 1.15 bits per heavy atom. The van der Waals surface area contributed by atoms with Crippen LogP contribution in [0, 0.1) is 5.92 Å². The van der Waals surface area contributed by atoms with Crippen LogP contribution in [-0.4, -0.2) is 18.4 Å². The first-order valence-electron chi connectivity index (χ1n) is 9.11. The van der Waals surface area contributed by atoms with E-state index in [0.717, 1.165) is 29.7 Å². The van der Waals surface area contributed by atoms with Crippen LogP contribution in [0.1, 0.15) is 31.4 Å². The number of amides is 2. The Bertz CT molecular complexity index is 860. The zero-order valence-corrected chi connectivity index (χ0v) is 16.9. The van der Waals surface area contributed by atoms with Crippen LogP contribution >= 0.6 is 23.2 Å². The molecule has 1 aliphatic rings. The molecule has 4 nitrogen and oxygen atoms in total. The number of carbonyl (C=O) groups is 2. The van der Waals surface area contributed by atoms with Gasteiger partial charge in [-0.25, -0.2) is 0 Å². The molecule has 2 aromatic carbocycles. The Hall–Kier alpha value is -2.04. The van der Waals surface area contributed by atoms with E-state index in [1.54, 1.807) is 23.1 Å². The van der Waals surface area contributed by atoms with E-state index >= 15 is 0 Å². The monoisotopic (exact) mass is 404 g/mol. The number of hydrogen-bond acceptors (Lipinski definition) is 2. The van der Waals surface area contributed by atoms with Crippen molar-refractivity contribution in [3.05, 3.63) is 57.6 Å². The van der Waals surface area contributed by atoms with Gasteiger partial charge < -0.3 is 10.2 Å². The maximum absolute atomic E-state index is 12.7. The number of carbonyl (C=O) groups excluding carboxylic acids is 2. The predicted octanol–water partition coefficient (Wildman–Crippen LogP) is 5.11. The molecular weight excluding hydrogens is 383 g/mol. The second-order valence-electron chi connectivity index (χ2n) is 6.65. The van der Waals surface area contributed by atoms with Crippen molar-refractivity contribution in [1.29, 1.82) is 0 Å². The molecule has 6 heteroatoms. The minimum atomic E-state index is -0.418. The van der Waals surface area contributed by atoms with Crippen LogP contribution in [0.2, 0.25) is 10.0 Å². The number of aryl methyl sites for hydroxylation is 2. The smallest absolute Gasteiger partial charge is 0.229 e. The molecule has 0 unspecified atom stereocenters. The summed E-state index contributed by atoms with van der Waals surface area (Å²) in [5.41, 5.74) is 3.72. The third-order valence-corrected chi connectivity index (χ3v) is 5.47. The first-order valence-corrected chi connectivity index (χ1v) is 9.87. The number of nitrogens with one attached hydrogen (secondary N) is 1. The van der Waals surface area contributed by atoms with Crippen LogP contribution in [0.25, 0.3) is 0 Å². The number of nitrogens with zero attached hydrogens (tertiary/aromatic N) is 1. The van der Waals surface area contributed by atoms with Gasteiger partial charge in [0, 0.05) is 23.7 Å². The second-order valence-corrected chi connectivity index (χ2v) is 7.49. The lowest BCUT2D eigenvalue weighted by atomic mass is 10.0. The third-order valence-electron chi connectivity index (χ3n) is 4.92. The standard InChI is InChI=1S/C21H22Cl2N2O2/c1-3-13-6-5-7-14(4-2)20(13)25-12-15(10-19(25)26)21(27)24-18-9-8-16(22)11-17(18)23/h5-9,11,15H,3-4,10,12H2,1-2H3,(H,24,27)/t15-/m0/s1. The summed E-state index contributed by atoms with van der Waals surface area (Å²) in [6.45, 7) is 4.52. The van der Waals surface area contributed by atoms with Crippen molar-refractivity contribution < 1.29 is 9.59 Å². The zero-order valence-electron chi connectivity index (χ0n) is 15.4. The van der Waals surface area contributed by atoms with Crippen molar-refractivity contribution >= 4 is 46.4 Å².